The predicted molar refractivity (Wildman–Crippen MR) is 161 cm³/mol. The maximum atomic E-state index is 9.40. The SMILES string of the molecule is N=C(c1ccc(-c2ccccc2)cc1)c1cccc2c1-c1ccccc1C21c2ccccc2-c2ccccc21. The summed E-state index contributed by atoms with van der Waals surface area (Å²) in [6.07, 6.45) is 0. The summed E-state index contributed by atoms with van der Waals surface area (Å²) in [5.74, 6) is 0. The molecule has 1 nitrogen and oxygen atoms in total. The van der Waals surface area contributed by atoms with Crippen molar-refractivity contribution < 1.29 is 0 Å². The van der Waals surface area contributed by atoms with E-state index in [-0.39, 0.29) is 5.41 Å². The van der Waals surface area contributed by atoms with E-state index >= 15 is 0 Å². The Balaban J connectivity index is 1.35. The fourth-order valence-corrected chi connectivity index (χ4v) is 6.97. The normalized spacial score (nSPS) is 13.4. The summed E-state index contributed by atoms with van der Waals surface area (Å²) >= 11 is 0. The highest BCUT2D eigenvalue weighted by Gasteiger charge is 2.52. The van der Waals surface area contributed by atoms with Crippen LogP contribution in [0.5, 0.6) is 0 Å². The van der Waals surface area contributed by atoms with Crippen molar-refractivity contribution >= 4 is 5.71 Å². The van der Waals surface area contributed by atoms with Gasteiger partial charge in [-0.25, -0.2) is 0 Å². The van der Waals surface area contributed by atoms with Crippen molar-refractivity contribution in [2.24, 2.45) is 0 Å². The van der Waals surface area contributed by atoms with Gasteiger partial charge < -0.3 is 0 Å². The first-order valence-corrected chi connectivity index (χ1v) is 13.5. The molecule has 0 fully saturated rings. The molecule has 6 aromatic rings. The monoisotopic (exact) mass is 495 g/mol. The van der Waals surface area contributed by atoms with Crippen LogP contribution in [0.1, 0.15) is 33.4 Å². The Hall–Kier alpha value is -5.01. The van der Waals surface area contributed by atoms with Crippen LogP contribution in [0, 0.1) is 5.41 Å². The molecule has 0 saturated heterocycles. The Morgan fingerprint density at radius 1 is 0.410 bits per heavy atom. The predicted octanol–water partition coefficient (Wildman–Crippen LogP) is 9.11. The number of rotatable bonds is 3. The highest BCUT2D eigenvalue weighted by molar-refractivity contribution is 6.16. The maximum absolute atomic E-state index is 9.40. The molecule has 1 heteroatoms. The van der Waals surface area contributed by atoms with E-state index in [2.05, 4.69) is 140 Å². The van der Waals surface area contributed by atoms with E-state index in [9.17, 15) is 5.41 Å². The van der Waals surface area contributed by atoms with Crippen LogP contribution in [0.4, 0.5) is 0 Å². The summed E-state index contributed by atoms with van der Waals surface area (Å²) in [5.41, 5.74) is 14.6. The Kier molecular flexibility index (Phi) is 4.65. The fourth-order valence-electron chi connectivity index (χ4n) is 6.97. The van der Waals surface area contributed by atoms with Crippen molar-refractivity contribution in [1.82, 2.24) is 0 Å². The van der Waals surface area contributed by atoms with Crippen LogP contribution in [-0.4, -0.2) is 5.71 Å². The highest BCUT2D eigenvalue weighted by atomic mass is 14.5. The minimum Gasteiger partial charge on any atom is -0.300 e. The van der Waals surface area contributed by atoms with Gasteiger partial charge in [-0.3, -0.25) is 5.41 Å². The minimum absolute atomic E-state index is 0.382. The fraction of sp³-hybridized carbons (Fsp3) is 0.0263. The van der Waals surface area contributed by atoms with Crippen LogP contribution < -0.4 is 0 Å². The molecule has 182 valence electrons. The summed E-state index contributed by atoms with van der Waals surface area (Å²) in [5, 5.41) is 9.40. The van der Waals surface area contributed by atoms with Crippen LogP contribution in [0.3, 0.4) is 0 Å². The van der Waals surface area contributed by atoms with Gasteiger partial charge in [0.25, 0.3) is 0 Å². The molecule has 0 unspecified atom stereocenters. The van der Waals surface area contributed by atoms with Gasteiger partial charge in [0.05, 0.1) is 11.1 Å². The van der Waals surface area contributed by atoms with E-state index in [1.807, 2.05) is 6.07 Å². The van der Waals surface area contributed by atoms with Gasteiger partial charge >= 0.3 is 0 Å². The second kappa shape index (κ2) is 8.24. The summed E-state index contributed by atoms with van der Waals surface area (Å²) in [7, 11) is 0. The van der Waals surface area contributed by atoms with Crippen molar-refractivity contribution in [2.75, 3.05) is 0 Å². The molecule has 1 spiro atoms. The molecule has 0 amide bonds. The molecule has 0 aliphatic heterocycles. The average Bonchev–Trinajstić information content (AvgIpc) is 3.49. The van der Waals surface area contributed by atoms with Crippen molar-refractivity contribution in [2.45, 2.75) is 5.41 Å². The van der Waals surface area contributed by atoms with E-state index in [1.165, 1.54) is 50.1 Å². The Morgan fingerprint density at radius 2 is 0.897 bits per heavy atom. The number of nitrogens with one attached hydrogen (secondary N) is 1. The van der Waals surface area contributed by atoms with Gasteiger partial charge in [-0.2, -0.15) is 0 Å². The number of hydrogen-bond acceptors (Lipinski definition) is 1. The molecule has 0 radical (unpaired) electrons. The Labute approximate surface area is 228 Å². The largest absolute Gasteiger partial charge is 0.300 e. The number of hydrogen-bond donors (Lipinski definition) is 1. The van der Waals surface area contributed by atoms with Crippen LogP contribution in [0.15, 0.2) is 146 Å². The zero-order valence-corrected chi connectivity index (χ0v) is 21.4. The van der Waals surface area contributed by atoms with Crippen LogP contribution >= 0.6 is 0 Å². The lowest BCUT2D eigenvalue weighted by Crippen LogP contribution is -2.25. The second-order valence-electron chi connectivity index (χ2n) is 10.4. The van der Waals surface area contributed by atoms with Crippen molar-refractivity contribution in [1.29, 1.82) is 5.41 Å². The lowest BCUT2D eigenvalue weighted by Gasteiger charge is -2.30. The summed E-state index contributed by atoms with van der Waals surface area (Å²) in [6.45, 7) is 0. The Morgan fingerprint density at radius 3 is 1.54 bits per heavy atom. The molecular formula is C38H25N. The highest BCUT2D eigenvalue weighted by Crippen LogP contribution is 2.63. The standard InChI is InChI=1S/C38H25N/c39-37(27-23-21-26(22-24-27)25-11-2-1-3-12-25)31-16-10-20-35-36(31)30-15-6-9-19-34(30)38(35)32-17-7-4-13-28(32)29-14-5-8-18-33(29)38/h1-24,39H. The molecule has 8 rings (SSSR count). The third-order valence-electron chi connectivity index (χ3n) is 8.57. The van der Waals surface area contributed by atoms with E-state index < -0.39 is 0 Å². The van der Waals surface area contributed by atoms with E-state index in [4.69, 9.17) is 0 Å². The van der Waals surface area contributed by atoms with Crippen molar-refractivity contribution in [3.05, 3.63) is 179 Å². The zero-order valence-electron chi connectivity index (χ0n) is 21.4. The molecule has 0 saturated carbocycles. The first-order chi connectivity index (χ1) is 19.3. The van der Waals surface area contributed by atoms with E-state index in [1.54, 1.807) is 0 Å². The third-order valence-corrected chi connectivity index (χ3v) is 8.57. The molecular weight excluding hydrogens is 470 g/mol. The topological polar surface area (TPSA) is 23.9 Å². The van der Waals surface area contributed by atoms with E-state index in [0.29, 0.717) is 5.71 Å². The second-order valence-corrected chi connectivity index (χ2v) is 10.4. The summed E-state index contributed by atoms with van der Waals surface area (Å²) in [4.78, 5) is 0. The molecule has 6 aromatic carbocycles. The summed E-state index contributed by atoms with van der Waals surface area (Å²) < 4.78 is 0. The van der Waals surface area contributed by atoms with Gasteiger partial charge in [-0.05, 0) is 55.6 Å². The van der Waals surface area contributed by atoms with Gasteiger partial charge in [0, 0.05) is 11.1 Å². The third kappa shape index (κ3) is 2.93. The molecule has 0 atom stereocenters. The molecule has 0 bridgehead atoms. The quantitative estimate of drug-likeness (QED) is 0.236. The van der Waals surface area contributed by atoms with E-state index in [0.717, 1.165) is 16.7 Å². The molecule has 1 N–H and O–H groups in total. The molecule has 0 heterocycles. The first-order valence-electron chi connectivity index (χ1n) is 13.5. The van der Waals surface area contributed by atoms with Gasteiger partial charge in [-0.15, -0.1) is 0 Å². The number of benzene rings is 6. The maximum Gasteiger partial charge on any atom is 0.0725 e. The van der Waals surface area contributed by atoms with Crippen molar-refractivity contribution in [3.8, 4) is 33.4 Å². The van der Waals surface area contributed by atoms with Gasteiger partial charge in [-0.1, -0.05) is 146 Å². The molecule has 0 aromatic heterocycles. The van der Waals surface area contributed by atoms with Crippen molar-refractivity contribution in [3.63, 3.8) is 0 Å². The molecule has 39 heavy (non-hydrogen) atoms. The lowest BCUT2D eigenvalue weighted by molar-refractivity contribution is 0.793. The zero-order chi connectivity index (χ0) is 26.0. The van der Waals surface area contributed by atoms with Gasteiger partial charge in [0.1, 0.15) is 0 Å². The molecule has 2 aliphatic rings. The molecule has 2 aliphatic carbocycles. The van der Waals surface area contributed by atoms with Gasteiger partial charge in [0.2, 0.25) is 0 Å². The van der Waals surface area contributed by atoms with Gasteiger partial charge in [0.15, 0.2) is 0 Å². The average molecular weight is 496 g/mol. The summed E-state index contributed by atoms with van der Waals surface area (Å²) in [6, 6.07) is 51.9. The lowest BCUT2D eigenvalue weighted by atomic mass is 9.70. The smallest absolute Gasteiger partial charge is 0.0725 e. The number of fused-ring (bicyclic) bond motifs is 10. The van der Waals surface area contributed by atoms with Crippen LogP contribution in [-0.2, 0) is 5.41 Å². The Bertz CT molecular complexity index is 1870. The first kappa shape index (κ1) is 22.0. The van der Waals surface area contributed by atoms with Crippen LogP contribution in [0.25, 0.3) is 33.4 Å². The minimum atomic E-state index is -0.382. The van der Waals surface area contributed by atoms with Crippen LogP contribution in [0.2, 0.25) is 0 Å².